The Labute approximate surface area is 81.8 Å². The largest absolute Gasteiger partial charge is 0.466 e. The van der Waals surface area contributed by atoms with Crippen LogP contribution < -0.4 is 0 Å². The van der Waals surface area contributed by atoms with Crippen molar-refractivity contribution in [3.63, 3.8) is 0 Å². The molecular formula is C10H9ClO2. The van der Waals surface area contributed by atoms with E-state index < -0.39 is 0 Å². The molecule has 2 nitrogen and oxygen atoms in total. The SMILES string of the molecule is COC(=O)/C=C/c1cccc(Cl)c1. The standard InChI is InChI=1S/C10H9ClO2/c1-13-10(12)6-5-8-3-2-4-9(11)7-8/h2-7H,1H3/b6-5+. The van der Waals surface area contributed by atoms with Gasteiger partial charge in [-0.3, -0.25) is 0 Å². The molecule has 0 spiro atoms. The second-order valence-corrected chi connectivity index (χ2v) is 2.85. The van der Waals surface area contributed by atoms with Gasteiger partial charge >= 0.3 is 5.97 Å². The van der Waals surface area contributed by atoms with Crippen LogP contribution in [0.25, 0.3) is 6.08 Å². The fourth-order valence-electron chi connectivity index (χ4n) is 0.843. The first-order valence-corrected chi connectivity index (χ1v) is 4.12. The molecule has 0 aliphatic heterocycles. The average Bonchev–Trinajstić information content (AvgIpc) is 2.14. The molecule has 1 aromatic rings. The van der Waals surface area contributed by atoms with E-state index in [0.717, 1.165) is 5.56 Å². The molecule has 0 saturated heterocycles. The molecule has 3 heteroatoms. The van der Waals surface area contributed by atoms with Crippen molar-refractivity contribution in [2.45, 2.75) is 0 Å². The predicted octanol–water partition coefficient (Wildman–Crippen LogP) is 2.53. The lowest BCUT2D eigenvalue weighted by molar-refractivity contribution is -0.134. The Hall–Kier alpha value is -1.28. The highest BCUT2D eigenvalue weighted by Gasteiger charge is 1.92. The summed E-state index contributed by atoms with van der Waals surface area (Å²) in [5, 5.41) is 0.645. The molecule has 0 bridgehead atoms. The van der Waals surface area contributed by atoms with Crippen molar-refractivity contribution >= 4 is 23.6 Å². The highest BCUT2D eigenvalue weighted by Crippen LogP contribution is 2.11. The van der Waals surface area contributed by atoms with Gasteiger partial charge in [-0.25, -0.2) is 4.79 Å². The summed E-state index contributed by atoms with van der Waals surface area (Å²) >= 11 is 5.74. The molecule has 68 valence electrons. The molecule has 0 N–H and O–H groups in total. The number of esters is 1. The highest BCUT2D eigenvalue weighted by molar-refractivity contribution is 6.30. The Morgan fingerprint density at radius 2 is 2.31 bits per heavy atom. The number of hydrogen-bond donors (Lipinski definition) is 0. The van der Waals surface area contributed by atoms with Crippen LogP contribution in [-0.4, -0.2) is 13.1 Å². The Balaban J connectivity index is 2.74. The number of carbonyl (C=O) groups excluding carboxylic acids is 1. The van der Waals surface area contributed by atoms with Gasteiger partial charge in [-0.15, -0.1) is 0 Å². The van der Waals surface area contributed by atoms with Crippen LogP contribution in [0.15, 0.2) is 30.3 Å². The van der Waals surface area contributed by atoms with Crippen LogP contribution in [0, 0.1) is 0 Å². The monoisotopic (exact) mass is 196 g/mol. The van der Waals surface area contributed by atoms with E-state index in [0.29, 0.717) is 5.02 Å². The van der Waals surface area contributed by atoms with E-state index in [1.165, 1.54) is 13.2 Å². The number of methoxy groups -OCH3 is 1. The van der Waals surface area contributed by atoms with Crippen molar-refractivity contribution in [3.8, 4) is 0 Å². The molecule has 1 aromatic carbocycles. The van der Waals surface area contributed by atoms with E-state index in [9.17, 15) is 4.79 Å². The zero-order valence-electron chi connectivity index (χ0n) is 7.16. The predicted molar refractivity (Wildman–Crippen MR) is 52.5 cm³/mol. The summed E-state index contributed by atoms with van der Waals surface area (Å²) in [6, 6.07) is 7.21. The second kappa shape index (κ2) is 4.67. The van der Waals surface area contributed by atoms with Gasteiger partial charge in [0, 0.05) is 11.1 Å². The van der Waals surface area contributed by atoms with Gasteiger partial charge < -0.3 is 4.74 Å². The maximum absolute atomic E-state index is 10.7. The normalized spacial score (nSPS) is 10.3. The van der Waals surface area contributed by atoms with Crippen molar-refractivity contribution in [3.05, 3.63) is 40.9 Å². The molecule has 0 aliphatic rings. The summed E-state index contributed by atoms with van der Waals surface area (Å²) in [4.78, 5) is 10.7. The smallest absolute Gasteiger partial charge is 0.330 e. The molecule has 0 amide bonds. The van der Waals surface area contributed by atoms with Crippen LogP contribution in [-0.2, 0) is 9.53 Å². The molecule has 1 rings (SSSR count). The van der Waals surface area contributed by atoms with Gasteiger partial charge in [0.05, 0.1) is 7.11 Å². The summed E-state index contributed by atoms with van der Waals surface area (Å²) < 4.78 is 4.44. The van der Waals surface area contributed by atoms with Crippen molar-refractivity contribution in [1.82, 2.24) is 0 Å². The first kappa shape index (κ1) is 9.81. The topological polar surface area (TPSA) is 26.3 Å². The summed E-state index contributed by atoms with van der Waals surface area (Å²) in [7, 11) is 1.34. The van der Waals surface area contributed by atoms with E-state index in [-0.39, 0.29) is 5.97 Å². The Morgan fingerprint density at radius 3 is 2.92 bits per heavy atom. The lowest BCUT2D eigenvalue weighted by Crippen LogP contribution is -1.93. The molecule has 0 unspecified atom stereocenters. The zero-order valence-corrected chi connectivity index (χ0v) is 7.91. The number of carbonyl (C=O) groups is 1. The van der Waals surface area contributed by atoms with E-state index in [2.05, 4.69) is 4.74 Å². The van der Waals surface area contributed by atoms with Gasteiger partial charge in [-0.2, -0.15) is 0 Å². The van der Waals surface area contributed by atoms with Crippen LogP contribution >= 0.6 is 11.6 Å². The number of rotatable bonds is 2. The third-order valence-corrected chi connectivity index (χ3v) is 1.70. The van der Waals surface area contributed by atoms with Crippen LogP contribution in [0.3, 0.4) is 0 Å². The van der Waals surface area contributed by atoms with Crippen molar-refractivity contribution in [2.24, 2.45) is 0 Å². The van der Waals surface area contributed by atoms with Gasteiger partial charge in [0.1, 0.15) is 0 Å². The average molecular weight is 197 g/mol. The maximum atomic E-state index is 10.7. The summed E-state index contributed by atoms with van der Waals surface area (Å²) in [6.45, 7) is 0. The van der Waals surface area contributed by atoms with Crippen LogP contribution in [0.4, 0.5) is 0 Å². The van der Waals surface area contributed by atoms with E-state index in [4.69, 9.17) is 11.6 Å². The summed E-state index contributed by atoms with van der Waals surface area (Å²) in [5.41, 5.74) is 0.873. The molecular weight excluding hydrogens is 188 g/mol. The molecule has 0 aromatic heterocycles. The molecule has 0 saturated carbocycles. The number of hydrogen-bond acceptors (Lipinski definition) is 2. The molecule has 0 heterocycles. The lowest BCUT2D eigenvalue weighted by Gasteiger charge is -1.93. The lowest BCUT2D eigenvalue weighted by atomic mass is 10.2. The van der Waals surface area contributed by atoms with Gasteiger partial charge in [-0.1, -0.05) is 23.7 Å². The second-order valence-electron chi connectivity index (χ2n) is 2.41. The fourth-order valence-corrected chi connectivity index (χ4v) is 1.04. The van der Waals surface area contributed by atoms with Gasteiger partial charge in [0.25, 0.3) is 0 Å². The van der Waals surface area contributed by atoms with Crippen LogP contribution in [0.5, 0.6) is 0 Å². The van der Waals surface area contributed by atoms with E-state index in [1.54, 1.807) is 18.2 Å². The van der Waals surface area contributed by atoms with Crippen LogP contribution in [0.1, 0.15) is 5.56 Å². The molecule has 0 atom stereocenters. The quantitative estimate of drug-likeness (QED) is 0.537. The minimum atomic E-state index is -0.375. The minimum absolute atomic E-state index is 0.375. The van der Waals surface area contributed by atoms with Gasteiger partial charge in [0.2, 0.25) is 0 Å². The Morgan fingerprint density at radius 1 is 1.54 bits per heavy atom. The van der Waals surface area contributed by atoms with E-state index >= 15 is 0 Å². The highest BCUT2D eigenvalue weighted by atomic mass is 35.5. The fraction of sp³-hybridized carbons (Fsp3) is 0.100. The number of halogens is 1. The molecule has 13 heavy (non-hydrogen) atoms. The number of ether oxygens (including phenoxy) is 1. The Kier molecular flexibility index (Phi) is 3.53. The minimum Gasteiger partial charge on any atom is -0.466 e. The number of benzene rings is 1. The summed E-state index contributed by atoms with van der Waals surface area (Å²) in [5.74, 6) is -0.375. The summed E-state index contributed by atoms with van der Waals surface area (Å²) in [6.07, 6.45) is 3.00. The first-order chi connectivity index (χ1) is 6.22. The van der Waals surface area contributed by atoms with Crippen molar-refractivity contribution in [1.29, 1.82) is 0 Å². The maximum Gasteiger partial charge on any atom is 0.330 e. The van der Waals surface area contributed by atoms with Gasteiger partial charge in [-0.05, 0) is 23.8 Å². The van der Waals surface area contributed by atoms with E-state index in [1.807, 2.05) is 12.1 Å². The molecule has 0 aliphatic carbocycles. The van der Waals surface area contributed by atoms with Crippen molar-refractivity contribution < 1.29 is 9.53 Å². The van der Waals surface area contributed by atoms with Crippen LogP contribution in [0.2, 0.25) is 5.02 Å². The third kappa shape index (κ3) is 3.30. The van der Waals surface area contributed by atoms with Crippen molar-refractivity contribution in [2.75, 3.05) is 7.11 Å². The van der Waals surface area contributed by atoms with Gasteiger partial charge in [0.15, 0.2) is 0 Å². The third-order valence-electron chi connectivity index (χ3n) is 1.46. The molecule has 0 fully saturated rings. The first-order valence-electron chi connectivity index (χ1n) is 3.74. The Bertz CT molecular complexity index is 331. The zero-order chi connectivity index (χ0) is 9.68. The molecule has 0 radical (unpaired) electrons.